The van der Waals surface area contributed by atoms with Crippen LogP contribution in [0, 0.1) is 0 Å². The maximum atomic E-state index is 12.5. The number of anilines is 1. The van der Waals surface area contributed by atoms with E-state index in [-0.39, 0.29) is 24.0 Å². The average Bonchev–Trinajstić information content (AvgIpc) is 2.60. The molecule has 0 bridgehead atoms. The number of sulfone groups is 1. The molecular weight excluding hydrogens is 278 g/mol. The Bertz CT molecular complexity index is 586. The fourth-order valence-corrected chi connectivity index (χ4v) is 3.47. The van der Waals surface area contributed by atoms with Crippen LogP contribution in [-0.2, 0) is 9.84 Å². The van der Waals surface area contributed by atoms with Crippen molar-refractivity contribution in [1.29, 1.82) is 0 Å². The third kappa shape index (κ3) is 3.47. The molecule has 0 atom stereocenters. The predicted octanol–water partition coefficient (Wildman–Crippen LogP) is 0.774. The van der Waals surface area contributed by atoms with Crippen molar-refractivity contribution in [3.8, 4) is 0 Å². The van der Waals surface area contributed by atoms with Gasteiger partial charge >= 0.3 is 0 Å². The zero-order valence-corrected chi connectivity index (χ0v) is 12.3. The van der Waals surface area contributed by atoms with Gasteiger partial charge in [0.05, 0.1) is 17.1 Å². The smallest absolute Gasteiger partial charge is 0.257 e. The SMILES string of the molecule is CCNc1ncccc1C(=O)N1CCCS(=O)(=O)CC1. The first-order chi connectivity index (χ1) is 9.53. The summed E-state index contributed by atoms with van der Waals surface area (Å²) in [7, 11) is -3.01. The van der Waals surface area contributed by atoms with E-state index in [1.807, 2.05) is 6.92 Å². The highest BCUT2D eigenvalue weighted by Crippen LogP contribution is 2.16. The van der Waals surface area contributed by atoms with Gasteiger partial charge in [-0.3, -0.25) is 4.79 Å². The van der Waals surface area contributed by atoms with Crippen LogP contribution in [0.4, 0.5) is 5.82 Å². The first-order valence-corrected chi connectivity index (χ1v) is 8.54. The summed E-state index contributed by atoms with van der Waals surface area (Å²) in [5.74, 6) is 0.581. The fourth-order valence-electron chi connectivity index (χ4n) is 2.20. The van der Waals surface area contributed by atoms with E-state index in [1.54, 1.807) is 23.2 Å². The molecule has 0 saturated carbocycles. The number of rotatable bonds is 3. The van der Waals surface area contributed by atoms with E-state index in [2.05, 4.69) is 10.3 Å². The van der Waals surface area contributed by atoms with Crippen molar-refractivity contribution in [2.45, 2.75) is 13.3 Å². The van der Waals surface area contributed by atoms with Crippen molar-refractivity contribution in [1.82, 2.24) is 9.88 Å². The lowest BCUT2D eigenvalue weighted by Crippen LogP contribution is -2.34. The van der Waals surface area contributed by atoms with E-state index in [1.165, 1.54) is 0 Å². The van der Waals surface area contributed by atoms with Gasteiger partial charge in [-0.05, 0) is 25.5 Å². The normalized spacial score (nSPS) is 18.4. The summed E-state index contributed by atoms with van der Waals surface area (Å²) < 4.78 is 23.2. The molecule has 1 aromatic rings. The summed E-state index contributed by atoms with van der Waals surface area (Å²) in [6.45, 7) is 3.33. The summed E-state index contributed by atoms with van der Waals surface area (Å²) in [6, 6.07) is 3.43. The van der Waals surface area contributed by atoms with Crippen LogP contribution in [0.3, 0.4) is 0 Å². The molecule has 1 aliphatic heterocycles. The molecule has 1 amide bonds. The Hall–Kier alpha value is -1.63. The number of amides is 1. The molecule has 1 saturated heterocycles. The van der Waals surface area contributed by atoms with E-state index < -0.39 is 9.84 Å². The summed E-state index contributed by atoms with van der Waals surface area (Å²) in [5, 5.41) is 3.05. The largest absolute Gasteiger partial charge is 0.370 e. The molecule has 20 heavy (non-hydrogen) atoms. The Morgan fingerprint density at radius 3 is 2.95 bits per heavy atom. The van der Waals surface area contributed by atoms with Gasteiger partial charge < -0.3 is 10.2 Å². The van der Waals surface area contributed by atoms with Gasteiger partial charge in [-0.1, -0.05) is 0 Å². The number of hydrogen-bond donors (Lipinski definition) is 1. The molecule has 6 nitrogen and oxygen atoms in total. The lowest BCUT2D eigenvalue weighted by Gasteiger charge is -2.21. The number of nitrogens with one attached hydrogen (secondary N) is 1. The third-order valence-electron chi connectivity index (χ3n) is 3.23. The number of carbonyl (C=O) groups is 1. The Balaban J connectivity index is 2.19. The van der Waals surface area contributed by atoms with Crippen LogP contribution >= 0.6 is 0 Å². The first-order valence-electron chi connectivity index (χ1n) is 6.72. The van der Waals surface area contributed by atoms with E-state index in [0.29, 0.717) is 30.9 Å². The topological polar surface area (TPSA) is 79.4 Å². The molecule has 2 heterocycles. The van der Waals surface area contributed by atoms with Crippen molar-refractivity contribution < 1.29 is 13.2 Å². The third-order valence-corrected chi connectivity index (χ3v) is 4.94. The molecule has 1 aliphatic rings. The highest BCUT2D eigenvalue weighted by molar-refractivity contribution is 7.91. The monoisotopic (exact) mass is 297 g/mol. The standard InChI is InChI=1S/C13H19N3O3S/c1-2-14-12-11(5-3-6-15-12)13(17)16-7-4-9-20(18,19)10-8-16/h3,5-6H,2,4,7-10H2,1H3,(H,14,15). The maximum Gasteiger partial charge on any atom is 0.257 e. The zero-order chi connectivity index (χ0) is 14.6. The molecule has 2 rings (SSSR count). The molecular formula is C13H19N3O3S. The molecule has 1 aromatic heterocycles. The molecule has 0 aromatic carbocycles. The Morgan fingerprint density at radius 2 is 2.20 bits per heavy atom. The highest BCUT2D eigenvalue weighted by Gasteiger charge is 2.24. The second-order valence-corrected chi connectivity index (χ2v) is 7.03. The van der Waals surface area contributed by atoms with Gasteiger partial charge in [0.1, 0.15) is 5.82 Å². The molecule has 0 unspecified atom stereocenters. The van der Waals surface area contributed by atoms with Crippen LogP contribution in [0.1, 0.15) is 23.7 Å². The van der Waals surface area contributed by atoms with Crippen molar-refractivity contribution >= 4 is 21.6 Å². The quantitative estimate of drug-likeness (QED) is 0.891. The van der Waals surface area contributed by atoms with Crippen molar-refractivity contribution in [3.63, 3.8) is 0 Å². The lowest BCUT2D eigenvalue weighted by molar-refractivity contribution is 0.0769. The van der Waals surface area contributed by atoms with E-state index in [0.717, 1.165) is 0 Å². The molecule has 1 fully saturated rings. The molecule has 7 heteroatoms. The summed E-state index contributed by atoms with van der Waals surface area (Å²) >= 11 is 0. The first kappa shape index (κ1) is 14.8. The minimum atomic E-state index is -3.01. The van der Waals surface area contributed by atoms with Crippen LogP contribution in [0.5, 0.6) is 0 Å². The van der Waals surface area contributed by atoms with Gasteiger partial charge in [0.25, 0.3) is 5.91 Å². The molecule has 0 spiro atoms. The van der Waals surface area contributed by atoms with Crippen LogP contribution in [0.2, 0.25) is 0 Å². The van der Waals surface area contributed by atoms with Crippen LogP contribution in [0.25, 0.3) is 0 Å². The number of nitrogens with zero attached hydrogens (tertiary/aromatic N) is 2. The Kier molecular flexibility index (Phi) is 4.59. The molecule has 110 valence electrons. The second kappa shape index (κ2) is 6.21. The van der Waals surface area contributed by atoms with Crippen LogP contribution in [-0.4, -0.2) is 55.3 Å². The van der Waals surface area contributed by atoms with Gasteiger partial charge in [-0.25, -0.2) is 13.4 Å². The fraction of sp³-hybridized carbons (Fsp3) is 0.538. The van der Waals surface area contributed by atoms with Crippen LogP contribution < -0.4 is 5.32 Å². The van der Waals surface area contributed by atoms with E-state index >= 15 is 0 Å². The number of carbonyl (C=O) groups excluding carboxylic acids is 1. The number of hydrogen-bond acceptors (Lipinski definition) is 5. The number of pyridine rings is 1. The van der Waals surface area contributed by atoms with E-state index in [9.17, 15) is 13.2 Å². The Labute approximate surface area is 119 Å². The molecule has 1 N–H and O–H groups in total. The average molecular weight is 297 g/mol. The summed E-state index contributed by atoms with van der Waals surface area (Å²) in [4.78, 5) is 18.3. The maximum absolute atomic E-state index is 12.5. The van der Waals surface area contributed by atoms with Crippen molar-refractivity contribution in [2.75, 3.05) is 36.5 Å². The van der Waals surface area contributed by atoms with Crippen molar-refractivity contribution in [3.05, 3.63) is 23.9 Å². The minimum absolute atomic E-state index is 0.0372. The zero-order valence-electron chi connectivity index (χ0n) is 11.5. The minimum Gasteiger partial charge on any atom is -0.370 e. The summed E-state index contributed by atoms with van der Waals surface area (Å²) in [6.07, 6.45) is 2.12. The van der Waals surface area contributed by atoms with Gasteiger partial charge in [0.15, 0.2) is 9.84 Å². The predicted molar refractivity (Wildman–Crippen MR) is 77.6 cm³/mol. The van der Waals surface area contributed by atoms with Crippen LogP contribution in [0.15, 0.2) is 18.3 Å². The second-order valence-electron chi connectivity index (χ2n) is 4.73. The number of aromatic nitrogens is 1. The Morgan fingerprint density at radius 1 is 1.40 bits per heavy atom. The van der Waals surface area contributed by atoms with Crippen molar-refractivity contribution in [2.24, 2.45) is 0 Å². The lowest BCUT2D eigenvalue weighted by atomic mass is 10.2. The highest BCUT2D eigenvalue weighted by atomic mass is 32.2. The van der Waals surface area contributed by atoms with Gasteiger partial charge in [0, 0.05) is 25.8 Å². The van der Waals surface area contributed by atoms with Gasteiger partial charge in [0.2, 0.25) is 0 Å². The summed E-state index contributed by atoms with van der Waals surface area (Å²) in [5.41, 5.74) is 0.494. The van der Waals surface area contributed by atoms with Gasteiger partial charge in [-0.15, -0.1) is 0 Å². The van der Waals surface area contributed by atoms with Gasteiger partial charge in [-0.2, -0.15) is 0 Å². The molecule has 0 aliphatic carbocycles. The molecule has 0 radical (unpaired) electrons. The van der Waals surface area contributed by atoms with E-state index in [4.69, 9.17) is 0 Å².